The summed E-state index contributed by atoms with van der Waals surface area (Å²) in [6, 6.07) is 2.10. The Bertz CT molecular complexity index is 779. The van der Waals surface area contributed by atoms with Crippen molar-refractivity contribution in [2.75, 3.05) is 11.1 Å². The molecule has 2 aromatic heterocycles. The van der Waals surface area contributed by atoms with Crippen molar-refractivity contribution >= 4 is 33.9 Å². The van der Waals surface area contributed by atoms with Crippen LogP contribution in [0.15, 0.2) is 12.4 Å². The summed E-state index contributed by atoms with van der Waals surface area (Å²) in [6.45, 7) is 1.88. The third kappa shape index (κ3) is 2.26. The molecule has 2 aliphatic rings. The maximum absolute atomic E-state index is 12.4. The van der Waals surface area contributed by atoms with Gasteiger partial charge in [0, 0.05) is 11.1 Å². The second-order valence-electron chi connectivity index (χ2n) is 6.31. The minimum atomic E-state index is -0.152. The highest BCUT2D eigenvalue weighted by atomic mass is 32.1. The highest BCUT2D eigenvalue weighted by Crippen LogP contribution is 2.47. The first-order chi connectivity index (χ1) is 11.1. The molecule has 0 aromatic carbocycles. The number of amides is 1. The second-order valence-corrected chi connectivity index (χ2v) is 7.36. The number of hydrogen-bond acceptors (Lipinski definition) is 6. The lowest BCUT2D eigenvalue weighted by Crippen LogP contribution is -2.40. The van der Waals surface area contributed by atoms with E-state index in [4.69, 9.17) is 5.73 Å². The summed E-state index contributed by atoms with van der Waals surface area (Å²) in [5.74, 6) is 1.21. The standard InChI is InChI=1S/C16H19N5OS/c1-9-13(17)18-8-19-14(9)20-11-7-10-12(23-11)15(22)21-16(10)5-3-2-4-6-16/h7-8H,2-6H2,1H3,(H,21,22)(H3,17,18,19,20). The third-order valence-corrected chi connectivity index (χ3v) is 5.93. The monoisotopic (exact) mass is 329 g/mol. The number of nitrogen functional groups attached to an aromatic ring is 1. The van der Waals surface area contributed by atoms with Crippen LogP contribution in [0.25, 0.3) is 0 Å². The second kappa shape index (κ2) is 5.19. The van der Waals surface area contributed by atoms with Gasteiger partial charge < -0.3 is 16.4 Å². The molecule has 1 amide bonds. The highest BCUT2D eigenvalue weighted by molar-refractivity contribution is 7.18. The van der Waals surface area contributed by atoms with Crippen molar-refractivity contribution in [3.8, 4) is 0 Å². The van der Waals surface area contributed by atoms with Crippen LogP contribution in [0.1, 0.15) is 52.9 Å². The summed E-state index contributed by atoms with van der Waals surface area (Å²) in [6.07, 6.45) is 7.09. The fraction of sp³-hybridized carbons (Fsp3) is 0.438. The van der Waals surface area contributed by atoms with Crippen LogP contribution in [0.5, 0.6) is 0 Å². The summed E-state index contributed by atoms with van der Waals surface area (Å²) in [5.41, 5.74) is 7.64. The van der Waals surface area contributed by atoms with Crippen LogP contribution < -0.4 is 16.4 Å². The molecule has 4 N–H and O–H groups in total. The van der Waals surface area contributed by atoms with E-state index < -0.39 is 0 Å². The van der Waals surface area contributed by atoms with Gasteiger partial charge in [-0.15, -0.1) is 11.3 Å². The molecular weight excluding hydrogens is 310 g/mol. The molecular formula is C16H19N5OS. The largest absolute Gasteiger partial charge is 0.383 e. The molecule has 6 nitrogen and oxygen atoms in total. The van der Waals surface area contributed by atoms with Crippen LogP contribution in [0.2, 0.25) is 0 Å². The van der Waals surface area contributed by atoms with E-state index in [9.17, 15) is 4.79 Å². The number of thiophene rings is 1. The van der Waals surface area contributed by atoms with Crippen molar-refractivity contribution in [2.45, 2.75) is 44.6 Å². The Kier molecular flexibility index (Phi) is 3.26. The first kappa shape index (κ1) is 14.4. The van der Waals surface area contributed by atoms with Gasteiger partial charge in [0.15, 0.2) is 0 Å². The summed E-state index contributed by atoms with van der Waals surface area (Å²) in [4.78, 5) is 21.4. The quantitative estimate of drug-likeness (QED) is 0.787. The molecule has 1 spiro atoms. The minimum Gasteiger partial charge on any atom is -0.383 e. The molecule has 1 aliphatic heterocycles. The zero-order valence-corrected chi connectivity index (χ0v) is 13.8. The van der Waals surface area contributed by atoms with Crippen molar-refractivity contribution in [2.24, 2.45) is 0 Å². The normalized spacial score (nSPS) is 18.7. The third-order valence-electron chi connectivity index (χ3n) is 4.88. The number of carbonyl (C=O) groups is 1. The van der Waals surface area contributed by atoms with Crippen LogP contribution in [-0.4, -0.2) is 15.9 Å². The number of hydrogen-bond donors (Lipinski definition) is 3. The molecule has 3 heterocycles. The van der Waals surface area contributed by atoms with Gasteiger partial charge >= 0.3 is 0 Å². The lowest BCUT2D eigenvalue weighted by atomic mass is 9.78. The van der Waals surface area contributed by atoms with Gasteiger partial charge in [-0.3, -0.25) is 4.79 Å². The van der Waals surface area contributed by atoms with Gasteiger partial charge in [-0.2, -0.15) is 0 Å². The van der Waals surface area contributed by atoms with E-state index in [1.165, 1.54) is 36.9 Å². The first-order valence-electron chi connectivity index (χ1n) is 7.90. The smallest absolute Gasteiger partial charge is 0.262 e. The maximum atomic E-state index is 12.4. The molecule has 7 heteroatoms. The number of nitrogens with one attached hydrogen (secondary N) is 2. The number of fused-ring (bicyclic) bond motifs is 2. The van der Waals surface area contributed by atoms with Gasteiger partial charge in [0.25, 0.3) is 5.91 Å². The van der Waals surface area contributed by atoms with Crippen molar-refractivity contribution in [1.29, 1.82) is 0 Å². The predicted octanol–water partition coefficient (Wildman–Crippen LogP) is 3.08. The van der Waals surface area contributed by atoms with E-state index in [0.717, 1.165) is 33.8 Å². The van der Waals surface area contributed by atoms with Crippen LogP contribution >= 0.6 is 11.3 Å². The summed E-state index contributed by atoms with van der Waals surface area (Å²) in [7, 11) is 0. The lowest BCUT2D eigenvalue weighted by Gasteiger charge is -2.33. The van der Waals surface area contributed by atoms with E-state index in [1.54, 1.807) is 0 Å². The Morgan fingerprint density at radius 1 is 1.30 bits per heavy atom. The number of aromatic nitrogens is 2. The molecule has 0 radical (unpaired) electrons. The highest BCUT2D eigenvalue weighted by Gasteiger charge is 2.44. The van der Waals surface area contributed by atoms with E-state index in [2.05, 4.69) is 26.7 Å². The molecule has 0 atom stereocenters. The predicted molar refractivity (Wildman–Crippen MR) is 91.0 cm³/mol. The summed E-state index contributed by atoms with van der Waals surface area (Å²) >= 11 is 1.48. The van der Waals surface area contributed by atoms with Crippen molar-refractivity contribution in [1.82, 2.24) is 15.3 Å². The van der Waals surface area contributed by atoms with Crippen LogP contribution in [-0.2, 0) is 5.54 Å². The van der Waals surface area contributed by atoms with Crippen molar-refractivity contribution in [3.63, 3.8) is 0 Å². The number of anilines is 3. The molecule has 23 heavy (non-hydrogen) atoms. The molecule has 120 valence electrons. The molecule has 2 aromatic rings. The van der Waals surface area contributed by atoms with Gasteiger partial charge in [0.2, 0.25) is 0 Å². The van der Waals surface area contributed by atoms with Crippen LogP contribution in [0.3, 0.4) is 0 Å². The Morgan fingerprint density at radius 2 is 2.09 bits per heavy atom. The Hall–Kier alpha value is -2.15. The molecule has 0 bridgehead atoms. The van der Waals surface area contributed by atoms with E-state index in [-0.39, 0.29) is 11.4 Å². The van der Waals surface area contributed by atoms with E-state index in [1.807, 2.05) is 6.92 Å². The molecule has 4 rings (SSSR count). The molecule has 1 saturated carbocycles. The number of nitrogens with zero attached hydrogens (tertiary/aromatic N) is 2. The lowest BCUT2D eigenvalue weighted by molar-refractivity contribution is 0.0912. The van der Waals surface area contributed by atoms with Crippen LogP contribution in [0, 0.1) is 6.92 Å². The fourth-order valence-corrected chi connectivity index (χ4v) is 4.63. The molecule has 0 saturated heterocycles. The van der Waals surface area contributed by atoms with Crippen LogP contribution in [0.4, 0.5) is 16.6 Å². The van der Waals surface area contributed by atoms with E-state index >= 15 is 0 Å². The molecule has 1 fully saturated rings. The van der Waals surface area contributed by atoms with Gasteiger partial charge in [0.1, 0.15) is 18.0 Å². The fourth-order valence-electron chi connectivity index (χ4n) is 3.57. The Labute approximate surface area is 138 Å². The topological polar surface area (TPSA) is 92.9 Å². The summed E-state index contributed by atoms with van der Waals surface area (Å²) in [5, 5.41) is 7.44. The van der Waals surface area contributed by atoms with Gasteiger partial charge in [-0.05, 0) is 25.8 Å². The van der Waals surface area contributed by atoms with Gasteiger partial charge in [0.05, 0.1) is 15.4 Å². The minimum absolute atomic E-state index is 0.0545. The Balaban J connectivity index is 1.68. The summed E-state index contributed by atoms with van der Waals surface area (Å²) < 4.78 is 0. The number of carbonyl (C=O) groups excluding carboxylic acids is 1. The average Bonchev–Trinajstić information content (AvgIpc) is 3.06. The average molecular weight is 329 g/mol. The first-order valence-corrected chi connectivity index (χ1v) is 8.72. The number of rotatable bonds is 2. The van der Waals surface area contributed by atoms with Gasteiger partial charge in [-0.1, -0.05) is 19.3 Å². The zero-order chi connectivity index (χ0) is 16.0. The van der Waals surface area contributed by atoms with Crippen molar-refractivity contribution in [3.05, 3.63) is 28.4 Å². The Morgan fingerprint density at radius 3 is 2.87 bits per heavy atom. The molecule has 1 aliphatic carbocycles. The van der Waals surface area contributed by atoms with Crippen molar-refractivity contribution < 1.29 is 4.79 Å². The molecule has 0 unspecified atom stereocenters. The van der Waals surface area contributed by atoms with E-state index in [0.29, 0.717) is 11.6 Å². The number of nitrogens with two attached hydrogens (primary N) is 1. The zero-order valence-electron chi connectivity index (χ0n) is 13.0. The SMILES string of the molecule is Cc1c(N)ncnc1Nc1cc2c(s1)C(=O)NC21CCCCC1. The van der Waals surface area contributed by atoms with Gasteiger partial charge in [-0.25, -0.2) is 9.97 Å². The maximum Gasteiger partial charge on any atom is 0.262 e.